The molecule has 0 bridgehead atoms. The number of halogens is 9. The summed E-state index contributed by atoms with van der Waals surface area (Å²) >= 11 is 5.14. The first-order valence-corrected chi connectivity index (χ1v) is 5.19. The predicted octanol–water partition coefficient (Wildman–Crippen LogP) is 4.68. The molecule has 0 amide bonds. The Hall–Kier alpha value is -1.32. The SMILES string of the molecule is FC(F)c1c(C(F)(F)F)cnc(OC(F)(F)F)c1CCl. The molecular weight excluding hydrogens is 326 g/mol. The van der Waals surface area contributed by atoms with E-state index in [1.165, 1.54) is 0 Å². The van der Waals surface area contributed by atoms with Crippen LogP contribution in [0.1, 0.15) is 23.1 Å². The van der Waals surface area contributed by atoms with Gasteiger partial charge in [0.1, 0.15) is 0 Å². The maximum atomic E-state index is 12.7. The first-order valence-electron chi connectivity index (χ1n) is 4.66. The number of rotatable bonds is 3. The van der Waals surface area contributed by atoms with Gasteiger partial charge >= 0.3 is 12.5 Å². The third-order valence-electron chi connectivity index (χ3n) is 2.05. The summed E-state index contributed by atoms with van der Waals surface area (Å²) in [7, 11) is 0. The van der Waals surface area contributed by atoms with Crippen LogP contribution in [0, 0.1) is 0 Å². The Bertz CT molecular complexity index is 484. The van der Waals surface area contributed by atoms with Crippen molar-refractivity contribution in [2.24, 2.45) is 0 Å². The molecule has 1 heterocycles. The minimum absolute atomic E-state index is 0.154. The lowest BCUT2D eigenvalue weighted by Gasteiger charge is -2.18. The van der Waals surface area contributed by atoms with Crippen LogP contribution < -0.4 is 4.74 Å². The van der Waals surface area contributed by atoms with Crippen molar-refractivity contribution in [3.8, 4) is 5.88 Å². The molecule has 0 atom stereocenters. The van der Waals surface area contributed by atoms with E-state index in [2.05, 4.69) is 9.72 Å². The average molecular weight is 330 g/mol. The van der Waals surface area contributed by atoms with E-state index in [-0.39, 0.29) is 6.20 Å². The van der Waals surface area contributed by atoms with E-state index < -0.39 is 47.4 Å². The van der Waals surface area contributed by atoms with E-state index in [9.17, 15) is 35.1 Å². The van der Waals surface area contributed by atoms with E-state index in [1.54, 1.807) is 0 Å². The summed E-state index contributed by atoms with van der Waals surface area (Å²) in [4.78, 5) is 2.76. The van der Waals surface area contributed by atoms with Crippen LogP contribution >= 0.6 is 11.6 Å². The normalized spacial score (nSPS) is 12.9. The van der Waals surface area contributed by atoms with Gasteiger partial charge in [-0.05, 0) is 0 Å². The van der Waals surface area contributed by atoms with Gasteiger partial charge in [-0.3, -0.25) is 0 Å². The number of aromatic nitrogens is 1. The van der Waals surface area contributed by atoms with E-state index in [1.807, 2.05) is 0 Å². The topological polar surface area (TPSA) is 22.1 Å². The van der Waals surface area contributed by atoms with Crippen molar-refractivity contribution >= 4 is 11.6 Å². The lowest BCUT2D eigenvalue weighted by Crippen LogP contribution is -2.21. The molecule has 0 fully saturated rings. The highest BCUT2D eigenvalue weighted by atomic mass is 35.5. The van der Waals surface area contributed by atoms with Gasteiger partial charge in [0.05, 0.1) is 11.4 Å². The zero-order chi connectivity index (χ0) is 15.7. The van der Waals surface area contributed by atoms with Crippen LogP contribution in [0.15, 0.2) is 6.20 Å². The van der Waals surface area contributed by atoms with Crippen molar-refractivity contribution in [3.63, 3.8) is 0 Å². The number of alkyl halides is 9. The van der Waals surface area contributed by atoms with Gasteiger partial charge < -0.3 is 4.74 Å². The zero-order valence-corrected chi connectivity index (χ0v) is 9.87. The van der Waals surface area contributed by atoms with Gasteiger partial charge in [-0.1, -0.05) is 0 Å². The second-order valence-electron chi connectivity index (χ2n) is 3.35. The van der Waals surface area contributed by atoms with Gasteiger partial charge in [0.25, 0.3) is 6.43 Å². The Kier molecular flexibility index (Phi) is 4.67. The summed E-state index contributed by atoms with van der Waals surface area (Å²) < 4.78 is 102. The van der Waals surface area contributed by atoms with E-state index in [0.29, 0.717) is 0 Å². The molecule has 0 saturated carbocycles. The Morgan fingerprint density at radius 2 is 1.70 bits per heavy atom. The molecule has 0 saturated heterocycles. The first kappa shape index (κ1) is 16.7. The molecule has 0 spiro atoms. The summed E-state index contributed by atoms with van der Waals surface area (Å²) in [6, 6.07) is 0. The summed E-state index contributed by atoms with van der Waals surface area (Å²) in [6.07, 6.45) is -14.4. The van der Waals surface area contributed by atoms with Crippen molar-refractivity contribution in [1.29, 1.82) is 0 Å². The molecule has 0 unspecified atom stereocenters. The summed E-state index contributed by atoms with van der Waals surface area (Å²) in [5.74, 6) is -2.49. The Morgan fingerprint density at radius 3 is 2.05 bits per heavy atom. The second-order valence-corrected chi connectivity index (χ2v) is 3.62. The van der Waals surface area contributed by atoms with Gasteiger partial charge in [-0.2, -0.15) is 13.2 Å². The standard InChI is InChI=1S/C9H4ClF8NO/c10-1-3-5(6(11)12)4(8(13,14)15)2-19-7(3)20-9(16,17)18/h2,6H,1H2. The molecule has 0 aliphatic carbocycles. The number of hydrogen-bond donors (Lipinski definition) is 0. The number of pyridine rings is 1. The molecule has 11 heteroatoms. The first-order chi connectivity index (χ1) is 8.97. The van der Waals surface area contributed by atoms with Gasteiger partial charge in [0, 0.05) is 17.3 Å². The quantitative estimate of drug-likeness (QED) is 0.593. The van der Waals surface area contributed by atoms with Crippen molar-refractivity contribution < 1.29 is 39.9 Å². The second kappa shape index (κ2) is 5.58. The number of hydrogen-bond acceptors (Lipinski definition) is 2. The lowest BCUT2D eigenvalue weighted by molar-refractivity contribution is -0.276. The highest BCUT2D eigenvalue weighted by molar-refractivity contribution is 6.17. The van der Waals surface area contributed by atoms with Gasteiger partial charge in [-0.25, -0.2) is 13.8 Å². The molecule has 2 nitrogen and oxygen atoms in total. The van der Waals surface area contributed by atoms with Crippen molar-refractivity contribution in [1.82, 2.24) is 4.98 Å². The third kappa shape index (κ3) is 3.84. The molecule has 114 valence electrons. The third-order valence-corrected chi connectivity index (χ3v) is 2.32. The molecule has 0 N–H and O–H groups in total. The zero-order valence-electron chi connectivity index (χ0n) is 9.12. The minimum Gasteiger partial charge on any atom is -0.388 e. The van der Waals surface area contributed by atoms with Gasteiger partial charge in [0.15, 0.2) is 0 Å². The highest BCUT2D eigenvalue weighted by Gasteiger charge is 2.40. The Labute approximate surface area is 111 Å². The molecule has 1 aromatic rings. The van der Waals surface area contributed by atoms with E-state index in [0.717, 1.165) is 0 Å². The van der Waals surface area contributed by atoms with Crippen LogP contribution in [0.5, 0.6) is 5.88 Å². The number of nitrogens with zero attached hydrogens (tertiary/aromatic N) is 1. The van der Waals surface area contributed by atoms with Gasteiger partial charge in [-0.15, -0.1) is 24.8 Å². The fourth-order valence-electron chi connectivity index (χ4n) is 1.35. The van der Waals surface area contributed by atoms with Crippen LogP contribution in [0.2, 0.25) is 0 Å². The maximum absolute atomic E-state index is 12.7. The van der Waals surface area contributed by atoms with Crippen LogP contribution in [-0.2, 0) is 12.1 Å². The fraction of sp³-hybridized carbons (Fsp3) is 0.444. The summed E-state index contributed by atoms with van der Waals surface area (Å²) in [6.45, 7) is 0. The highest BCUT2D eigenvalue weighted by Crippen LogP contribution is 2.41. The minimum atomic E-state index is -5.30. The smallest absolute Gasteiger partial charge is 0.388 e. The van der Waals surface area contributed by atoms with Crippen LogP contribution in [0.25, 0.3) is 0 Å². The lowest BCUT2D eigenvalue weighted by atomic mass is 10.0. The molecule has 0 aliphatic rings. The Morgan fingerprint density at radius 1 is 1.15 bits per heavy atom. The molecule has 20 heavy (non-hydrogen) atoms. The number of ether oxygens (including phenoxy) is 1. The molecular formula is C9H4ClF8NO. The average Bonchev–Trinajstić information content (AvgIpc) is 2.24. The van der Waals surface area contributed by atoms with Crippen LogP contribution in [0.4, 0.5) is 35.1 Å². The van der Waals surface area contributed by atoms with Crippen LogP contribution in [0.3, 0.4) is 0 Å². The predicted molar refractivity (Wildman–Crippen MR) is 50.4 cm³/mol. The van der Waals surface area contributed by atoms with E-state index in [4.69, 9.17) is 11.6 Å². The monoisotopic (exact) mass is 329 g/mol. The van der Waals surface area contributed by atoms with Crippen LogP contribution in [-0.4, -0.2) is 11.3 Å². The van der Waals surface area contributed by atoms with Gasteiger partial charge in [0.2, 0.25) is 5.88 Å². The molecule has 0 aliphatic heterocycles. The largest absolute Gasteiger partial charge is 0.574 e. The van der Waals surface area contributed by atoms with E-state index >= 15 is 0 Å². The Balaban J connectivity index is 3.50. The molecule has 0 aromatic carbocycles. The summed E-state index contributed by atoms with van der Waals surface area (Å²) in [5.41, 5.74) is -4.70. The summed E-state index contributed by atoms with van der Waals surface area (Å²) in [5, 5.41) is 0. The molecule has 0 radical (unpaired) electrons. The van der Waals surface area contributed by atoms with Crippen molar-refractivity contribution in [2.45, 2.75) is 24.8 Å². The maximum Gasteiger partial charge on any atom is 0.574 e. The fourth-order valence-corrected chi connectivity index (χ4v) is 1.61. The van der Waals surface area contributed by atoms with Crippen molar-refractivity contribution in [3.05, 3.63) is 22.9 Å². The molecule has 1 aromatic heterocycles. The van der Waals surface area contributed by atoms with Crippen molar-refractivity contribution in [2.75, 3.05) is 0 Å². The molecule has 1 rings (SSSR count).